The highest BCUT2D eigenvalue weighted by atomic mass is 16.5. The zero-order valence-corrected chi connectivity index (χ0v) is 12.8. The molecule has 1 saturated heterocycles. The molecule has 2 heterocycles. The van der Waals surface area contributed by atoms with Crippen molar-refractivity contribution in [2.24, 2.45) is 5.92 Å². The minimum atomic E-state index is -1.21. The van der Waals surface area contributed by atoms with E-state index in [1.165, 1.54) is 20.5 Å². The average Bonchev–Trinajstić information content (AvgIpc) is 3.11. The molecule has 0 saturated carbocycles. The summed E-state index contributed by atoms with van der Waals surface area (Å²) in [6.07, 6.45) is 1.44. The lowest BCUT2D eigenvalue weighted by atomic mass is 9.80. The minimum Gasteiger partial charge on any atom is -0.504 e. The van der Waals surface area contributed by atoms with Crippen LogP contribution < -0.4 is 20.3 Å². The van der Waals surface area contributed by atoms with E-state index >= 15 is 0 Å². The predicted molar refractivity (Wildman–Crippen MR) is 78.7 cm³/mol. The Morgan fingerprint density at radius 3 is 2.70 bits per heavy atom. The summed E-state index contributed by atoms with van der Waals surface area (Å²) in [6.45, 7) is 1.63. The van der Waals surface area contributed by atoms with Crippen molar-refractivity contribution in [3.8, 4) is 23.3 Å². The summed E-state index contributed by atoms with van der Waals surface area (Å²) in [5.41, 5.74) is 4.56. The first kappa shape index (κ1) is 15.0. The normalized spacial score (nSPS) is 23.6. The Bertz CT molecular complexity index is 838. The second kappa shape index (κ2) is 5.07. The monoisotopic (exact) mass is 317 g/mol. The number of hydrogen-bond donors (Lipinski definition) is 3. The zero-order valence-electron chi connectivity index (χ0n) is 12.8. The maximum Gasteiger partial charge on any atom is 0.253 e. The van der Waals surface area contributed by atoms with Crippen molar-refractivity contribution in [2.45, 2.75) is 12.5 Å². The van der Waals surface area contributed by atoms with Gasteiger partial charge < -0.3 is 19.0 Å². The van der Waals surface area contributed by atoms with Crippen LogP contribution in [0.2, 0.25) is 0 Å². The number of benzene rings is 1. The first-order chi connectivity index (χ1) is 11.0. The fourth-order valence-electron chi connectivity index (χ4n) is 3.00. The quantitative estimate of drug-likeness (QED) is 0.777. The molecule has 0 aliphatic carbocycles. The molecular formula is C15H15N3O5. The third kappa shape index (κ3) is 1.83. The molecule has 1 aliphatic rings. The smallest absolute Gasteiger partial charge is 0.253 e. The van der Waals surface area contributed by atoms with Gasteiger partial charge in [0.2, 0.25) is 5.75 Å². The molecule has 8 nitrogen and oxygen atoms in total. The second-order valence-corrected chi connectivity index (χ2v) is 5.33. The average molecular weight is 317 g/mol. The number of amides is 1. The number of methoxy groups -OCH3 is 2. The molecule has 23 heavy (non-hydrogen) atoms. The van der Waals surface area contributed by atoms with E-state index in [-0.39, 0.29) is 17.1 Å². The molecule has 2 atom stereocenters. The maximum atomic E-state index is 11.9. The molecule has 1 aromatic carbocycles. The first-order valence-corrected chi connectivity index (χ1v) is 6.80. The highest BCUT2D eigenvalue weighted by Gasteiger charge is 2.50. The van der Waals surface area contributed by atoms with E-state index in [1.54, 1.807) is 13.0 Å². The van der Waals surface area contributed by atoms with Crippen LogP contribution in [0.3, 0.4) is 0 Å². The minimum absolute atomic E-state index is 0.111. The van der Waals surface area contributed by atoms with Crippen molar-refractivity contribution in [3.63, 3.8) is 0 Å². The first-order valence-electron chi connectivity index (χ1n) is 6.80. The number of aromatic hydroxyl groups is 1. The van der Waals surface area contributed by atoms with Gasteiger partial charge in [-0.2, -0.15) is 5.26 Å². The molecule has 2 unspecified atom stereocenters. The number of fused-ring (bicyclic) bond motifs is 1. The van der Waals surface area contributed by atoms with Crippen molar-refractivity contribution in [1.29, 1.82) is 5.26 Å². The van der Waals surface area contributed by atoms with E-state index in [0.717, 1.165) is 0 Å². The van der Waals surface area contributed by atoms with Gasteiger partial charge in [-0.3, -0.25) is 10.2 Å². The number of carbonyl (C=O) groups excluding carboxylic acids is 1. The van der Waals surface area contributed by atoms with Gasteiger partial charge in [0, 0.05) is 0 Å². The molecule has 0 bridgehead atoms. The fraction of sp³-hybridized carbons (Fsp3) is 0.333. The van der Waals surface area contributed by atoms with Crippen LogP contribution in [0.1, 0.15) is 12.5 Å². The van der Waals surface area contributed by atoms with Gasteiger partial charge in [-0.1, -0.05) is 0 Å². The number of furan rings is 1. The number of nitriles is 1. The molecule has 3 N–H and O–H groups in total. The van der Waals surface area contributed by atoms with E-state index in [2.05, 4.69) is 10.9 Å². The molecule has 2 aromatic rings. The summed E-state index contributed by atoms with van der Waals surface area (Å²) < 4.78 is 16.0. The molecule has 1 aliphatic heterocycles. The number of nitrogens with one attached hydrogen (secondary N) is 2. The largest absolute Gasteiger partial charge is 0.504 e. The van der Waals surface area contributed by atoms with Crippen LogP contribution in [0.15, 0.2) is 16.7 Å². The number of carbonyl (C=O) groups is 1. The number of hydrazine groups is 1. The standard InChI is InChI=1S/C15H15N3O5/c1-15(8(6-16)14(20)17-18-15)9-10(19)13(22-3)12-7(4-5-23-12)11(9)21-2/h4-5,8,18-19H,1-3H3,(H,17,20). The molecule has 1 amide bonds. The van der Waals surface area contributed by atoms with Crippen LogP contribution in [0.4, 0.5) is 0 Å². The number of phenolic OH excluding ortho intramolecular Hbond substituents is 1. The topological polar surface area (TPSA) is 117 Å². The Kier molecular flexibility index (Phi) is 3.30. The summed E-state index contributed by atoms with van der Waals surface area (Å²) in [4.78, 5) is 11.9. The predicted octanol–water partition coefficient (Wildman–Crippen LogP) is 1.14. The third-order valence-corrected chi connectivity index (χ3v) is 4.14. The number of rotatable bonds is 3. The van der Waals surface area contributed by atoms with Crippen molar-refractivity contribution >= 4 is 16.9 Å². The Morgan fingerprint density at radius 1 is 1.39 bits per heavy atom. The molecule has 8 heteroatoms. The Morgan fingerprint density at radius 2 is 2.09 bits per heavy atom. The lowest BCUT2D eigenvalue weighted by Gasteiger charge is -2.29. The van der Waals surface area contributed by atoms with Crippen LogP contribution in [0.5, 0.6) is 17.2 Å². The Balaban J connectivity index is 2.39. The Hall–Kier alpha value is -2.92. The van der Waals surface area contributed by atoms with Gasteiger partial charge in [-0.25, -0.2) is 5.43 Å². The summed E-state index contributed by atoms with van der Waals surface area (Å²) in [5, 5.41) is 20.6. The molecule has 0 spiro atoms. The van der Waals surface area contributed by atoms with Gasteiger partial charge in [0.05, 0.1) is 43.0 Å². The van der Waals surface area contributed by atoms with Gasteiger partial charge in [0.15, 0.2) is 17.3 Å². The molecule has 120 valence electrons. The van der Waals surface area contributed by atoms with Gasteiger partial charge in [0.25, 0.3) is 5.91 Å². The number of phenols is 1. The van der Waals surface area contributed by atoms with Crippen molar-refractivity contribution < 1.29 is 23.8 Å². The SMILES string of the molecule is COc1c(C2(C)NNC(=O)C2C#N)c(O)c(OC)c2occc12. The summed E-state index contributed by atoms with van der Waals surface area (Å²) in [6, 6.07) is 3.62. The lowest BCUT2D eigenvalue weighted by Crippen LogP contribution is -2.41. The lowest BCUT2D eigenvalue weighted by molar-refractivity contribution is -0.121. The van der Waals surface area contributed by atoms with E-state index in [9.17, 15) is 15.2 Å². The van der Waals surface area contributed by atoms with Gasteiger partial charge in [-0.05, 0) is 13.0 Å². The second-order valence-electron chi connectivity index (χ2n) is 5.33. The van der Waals surface area contributed by atoms with Crippen molar-refractivity contribution in [1.82, 2.24) is 10.9 Å². The summed E-state index contributed by atoms with van der Waals surface area (Å²) in [5.74, 6) is -1.38. The van der Waals surface area contributed by atoms with E-state index in [1.807, 2.05) is 6.07 Å². The van der Waals surface area contributed by atoms with Crippen molar-refractivity contribution in [3.05, 3.63) is 17.9 Å². The number of hydrogen-bond acceptors (Lipinski definition) is 7. The van der Waals surface area contributed by atoms with E-state index in [4.69, 9.17) is 13.9 Å². The van der Waals surface area contributed by atoms with E-state index < -0.39 is 17.4 Å². The molecule has 3 rings (SSSR count). The Labute approximate surface area is 131 Å². The van der Waals surface area contributed by atoms with Crippen LogP contribution in [0, 0.1) is 17.2 Å². The van der Waals surface area contributed by atoms with E-state index in [0.29, 0.717) is 16.7 Å². The summed E-state index contributed by atoms with van der Waals surface area (Å²) >= 11 is 0. The van der Waals surface area contributed by atoms with Crippen LogP contribution >= 0.6 is 0 Å². The molecule has 1 aromatic heterocycles. The molecule has 0 radical (unpaired) electrons. The van der Waals surface area contributed by atoms with Crippen LogP contribution in [0.25, 0.3) is 11.0 Å². The summed E-state index contributed by atoms with van der Waals surface area (Å²) in [7, 11) is 2.83. The van der Waals surface area contributed by atoms with Crippen molar-refractivity contribution in [2.75, 3.05) is 14.2 Å². The molecular weight excluding hydrogens is 302 g/mol. The zero-order chi connectivity index (χ0) is 16.8. The maximum absolute atomic E-state index is 11.9. The fourth-order valence-corrected chi connectivity index (χ4v) is 3.00. The number of nitrogens with zero attached hydrogens (tertiary/aromatic N) is 1. The van der Waals surface area contributed by atoms with Gasteiger partial charge >= 0.3 is 0 Å². The molecule has 1 fully saturated rings. The van der Waals surface area contributed by atoms with Crippen LogP contribution in [-0.2, 0) is 10.3 Å². The highest BCUT2D eigenvalue weighted by molar-refractivity contribution is 5.95. The highest BCUT2D eigenvalue weighted by Crippen LogP contribution is 2.51. The van der Waals surface area contributed by atoms with Crippen LogP contribution in [-0.4, -0.2) is 25.2 Å². The number of ether oxygens (including phenoxy) is 2. The third-order valence-electron chi connectivity index (χ3n) is 4.14. The van der Waals surface area contributed by atoms with Gasteiger partial charge in [-0.15, -0.1) is 0 Å². The van der Waals surface area contributed by atoms with Gasteiger partial charge in [0.1, 0.15) is 5.75 Å².